The van der Waals surface area contributed by atoms with Gasteiger partial charge in [0.2, 0.25) is 0 Å². The molecule has 17 heavy (non-hydrogen) atoms. The van der Waals surface area contributed by atoms with Crippen molar-refractivity contribution in [1.29, 1.82) is 0 Å². The zero-order chi connectivity index (χ0) is 12.6. The van der Waals surface area contributed by atoms with Gasteiger partial charge >= 0.3 is 0 Å². The Balaban J connectivity index is 2.95. The van der Waals surface area contributed by atoms with E-state index in [1.807, 2.05) is 0 Å². The lowest BCUT2D eigenvalue weighted by Crippen LogP contribution is -1.95. The number of Topliss-reactive ketones (excluding diaryl/α,β-unsaturated/α-hetero) is 1. The van der Waals surface area contributed by atoms with Gasteiger partial charge in [-0.25, -0.2) is 0 Å². The number of benzene rings is 2. The summed E-state index contributed by atoms with van der Waals surface area (Å²) >= 11 is 0. The third kappa shape index (κ3) is 1.61. The minimum absolute atomic E-state index is 0.0544. The zero-order valence-electron chi connectivity index (χ0n) is 9.10. The van der Waals surface area contributed by atoms with Gasteiger partial charge in [0, 0.05) is 10.9 Å². The number of rotatable bonds is 2. The molecule has 86 valence electrons. The highest BCUT2D eigenvalue weighted by Gasteiger charge is 2.14. The SMILES string of the molecule is CC(=O)c1cccc2c(O)c(N=O)c(N)cc12. The van der Waals surface area contributed by atoms with Crippen LogP contribution in [0.3, 0.4) is 0 Å². The molecule has 5 heteroatoms. The molecule has 0 saturated heterocycles. The summed E-state index contributed by atoms with van der Waals surface area (Å²) in [4.78, 5) is 22.0. The van der Waals surface area contributed by atoms with Crippen LogP contribution in [-0.4, -0.2) is 10.9 Å². The molecular formula is C12H10N2O3. The van der Waals surface area contributed by atoms with Gasteiger partial charge in [-0.05, 0) is 23.6 Å². The number of nitroso groups, excluding NO2 is 1. The molecule has 0 aromatic heterocycles. The Hall–Kier alpha value is -2.43. The number of hydrogen-bond donors (Lipinski definition) is 2. The largest absolute Gasteiger partial charge is 0.505 e. The van der Waals surface area contributed by atoms with Crippen LogP contribution >= 0.6 is 0 Å². The molecule has 0 bridgehead atoms. The van der Waals surface area contributed by atoms with Crippen LogP contribution in [0.5, 0.6) is 5.75 Å². The minimum Gasteiger partial charge on any atom is -0.505 e. The summed E-state index contributed by atoms with van der Waals surface area (Å²) in [5.41, 5.74) is 5.91. The van der Waals surface area contributed by atoms with E-state index in [2.05, 4.69) is 5.18 Å². The highest BCUT2D eigenvalue weighted by atomic mass is 16.3. The van der Waals surface area contributed by atoms with Crippen LogP contribution in [0.2, 0.25) is 0 Å². The maximum atomic E-state index is 11.4. The molecule has 0 heterocycles. The summed E-state index contributed by atoms with van der Waals surface area (Å²) in [6.07, 6.45) is 0. The van der Waals surface area contributed by atoms with E-state index in [1.165, 1.54) is 13.0 Å². The number of nitrogens with zero attached hydrogens (tertiary/aromatic N) is 1. The Morgan fingerprint density at radius 1 is 1.35 bits per heavy atom. The standard InChI is InChI=1S/C12H10N2O3/c1-6(15)7-3-2-4-8-9(7)5-10(13)11(14-17)12(8)16/h2-5,16H,13H2,1H3. The maximum Gasteiger partial charge on any atom is 0.173 e. The van der Waals surface area contributed by atoms with Gasteiger partial charge in [0.05, 0.1) is 5.69 Å². The fourth-order valence-corrected chi connectivity index (χ4v) is 1.82. The van der Waals surface area contributed by atoms with E-state index in [4.69, 9.17) is 5.73 Å². The second-order valence-electron chi connectivity index (χ2n) is 3.71. The van der Waals surface area contributed by atoms with Gasteiger partial charge in [0.15, 0.2) is 17.2 Å². The first-order valence-corrected chi connectivity index (χ1v) is 4.94. The first-order chi connectivity index (χ1) is 8.06. The molecule has 2 aromatic rings. The second kappa shape index (κ2) is 3.86. The predicted molar refractivity (Wildman–Crippen MR) is 65.5 cm³/mol. The Bertz CT molecular complexity index is 635. The zero-order valence-corrected chi connectivity index (χ0v) is 9.10. The topological polar surface area (TPSA) is 92.7 Å². The van der Waals surface area contributed by atoms with E-state index in [0.29, 0.717) is 16.3 Å². The van der Waals surface area contributed by atoms with Crippen LogP contribution in [0, 0.1) is 4.91 Å². The molecule has 0 saturated carbocycles. The quantitative estimate of drug-likeness (QED) is 0.471. The van der Waals surface area contributed by atoms with Crippen LogP contribution in [0.15, 0.2) is 29.4 Å². The van der Waals surface area contributed by atoms with Crippen LogP contribution in [0.1, 0.15) is 17.3 Å². The molecule has 5 nitrogen and oxygen atoms in total. The third-order valence-electron chi connectivity index (χ3n) is 2.63. The maximum absolute atomic E-state index is 11.4. The normalized spacial score (nSPS) is 10.4. The van der Waals surface area contributed by atoms with Crippen LogP contribution in [0.25, 0.3) is 10.8 Å². The summed E-state index contributed by atoms with van der Waals surface area (Å²) in [5, 5.41) is 13.4. The fraction of sp³-hybridized carbons (Fsp3) is 0.0833. The van der Waals surface area contributed by atoms with Crippen molar-refractivity contribution in [2.75, 3.05) is 5.73 Å². The van der Waals surface area contributed by atoms with E-state index < -0.39 is 0 Å². The van der Waals surface area contributed by atoms with Gasteiger partial charge in [-0.1, -0.05) is 18.2 Å². The average molecular weight is 230 g/mol. The molecule has 0 radical (unpaired) electrons. The Morgan fingerprint density at radius 3 is 2.65 bits per heavy atom. The molecule has 0 unspecified atom stereocenters. The molecule has 0 aliphatic heterocycles. The van der Waals surface area contributed by atoms with Crippen molar-refractivity contribution < 1.29 is 9.90 Å². The van der Waals surface area contributed by atoms with Crippen molar-refractivity contribution >= 4 is 27.9 Å². The van der Waals surface area contributed by atoms with E-state index in [-0.39, 0.29) is 22.9 Å². The number of phenolic OH excluding ortho intramolecular Hbond substituents is 1. The number of anilines is 1. The number of hydrogen-bond acceptors (Lipinski definition) is 5. The number of fused-ring (bicyclic) bond motifs is 1. The fourth-order valence-electron chi connectivity index (χ4n) is 1.82. The number of nitrogens with two attached hydrogens (primary N) is 1. The van der Waals surface area contributed by atoms with Crippen LogP contribution < -0.4 is 5.73 Å². The van der Waals surface area contributed by atoms with Crippen LogP contribution in [-0.2, 0) is 0 Å². The van der Waals surface area contributed by atoms with Crippen molar-refractivity contribution in [3.05, 3.63) is 34.7 Å². The summed E-state index contributed by atoms with van der Waals surface area (Å²) < 4.78 is 0. The highest BCUT2D eigenvalue weighted by Crippen LogP contribution is 2.40. The Morgan fingerprint density at radius 2 is 2.06 bits per heavy atom. The summed E-state index contributed by atoms with van der Waals surface area (Å²) in [7, 11) is 0. The van der Waals surface area contributed by atoms with Crippen molar-refractivity contribution in [2.45, 2.75) is 6.92 Å². The number of aromatic hydroxyl groups is 1. The van der Waals surface area contributed by atoms with E-state index in [1.54, 1.807) is 18.2 Å². The summed E-state index contributed by atoms with van der Waals surface area (Å²) in [6, 6.07) is 6.34. The van der Waals surface area contributed by atoms with Crippen molar-refractivity contribution in [2.24, 2.45) is 5.18 Å². The monoisotopic (exact) mass is 230 g/mol. The first-order valence-electron chi connectivity index (χ1n) is 4.94. The summed E-state index contributed by atoms with van der Waals surface area (Å²) in [5.74, 6) is -0.431. The van der Waals surface area contributed by atoms with Crippen molar-refractivity contribution in [3.63, 3.8) is 0 Å². The number of ketones is 1. The molecule has 0 aliphatic rings. The molecule has 0 amide bonds. The van der Waals surface area contributed by atoms with Gasteiger partial charge in [0.25, 0.3) is 0 Å². The van der Waals surface area contributed by atoms with Gasteiger partial charge in [-0.2, -0.15) is 0 Å². The number of nitrogen functional groups attached to an aromatic ring is 1. The van der Waals surface area contributed by atoms with Crippen molar-refractivity contribution in [3.8, 4) is 5.75 Å². The number of phenols is 1. The molecule has 0 fully saturated rings. The lowest BCUT2D eigenvalue weighted by Gasteiger charge is -2.08. The molecule has 0 atom stereocenters. The summed E-state index contributed by atoms with van der Waals surface area (Å²) in [6.45, 7) is 1.42. The molecular weight excluding hydrogens is 220 g/mol. The number of carbonyl (C=O) groups excluding carboxylic acids is 1. The third-order valence-corrected chi connectivity index (χ3v) is 2.63. The molecule has 2 aromatic carbocycles. The predicted octanol–water partition coefficient (Wildman–Crippen LogP) is 2.73. The smallest absolute Gasteiger partial charge is 0.173 e. The van der Waals surface area contributed by atoms with Crippen molar-refractivity contribution in [1.82, 2.24) is 0 Å². The van der Waals surface area contributed by atoms with E-state index >= 15 is 0 Å². The Kier molecular flexibility index (Phi) is 2.51. The number of carbonyl (C=O) groups is 1. The van der Waals surface area contributed by atoms with Gasteiger partial charge in [-0.3, -0.25) is 4.79 Å². The van der Waals surface area contributed by atoms with Crippen LogP contribution in [0.4, 0.5) is 11.4 Å². The van der Waals surface area contributed by atoms with Gasteiger partial charge in [-0.15, -0.1) is 4.91 Å². The lowest BCUT2D eigenvalue weighted by molar-refractivity contribution is 0.101. The molecule has 0 aliphatic carbocycles. The molecule has 2 rings (SSSR count). The molecule has 3 N–H and O–H groups in total. The van der Waals surface area contributed by atoms with Gasteiger partial charge in [0.1, 0.15) is 0 Å². The lowest BCUT2D eigenvalue weighted by atomic mass is 10.00. The molecule has 0 spiro atoms. The highest BCUT2D eigenvalue weighted by molar-refractivity contribution is 6.10. The minimum atomic E-state index is -0.293. The van der Waals surface area contributed by atoms with E-state index in [0.717, 1.165) is 0 Å². The first kappa shape index (κ1) is 11.1. The van der Waals surface area contributed by atoms with Gasteiger partial charge < -0.3 is 10.8 Å². The van der Waals surface area contributed by atoms with E-state index in [9.17, 15) is 14.8 Å². The Labute approximate surface area is 96.8 Å². The average Bonchev–Trinajstić information content (AvgIpc) is 2.28. The second-order valence-corrected chi connectivity index (χ2v) is 3.71.